The zero-order valence-electron chi connectivity index (χ0n) is 44.6. The predicted octanol–water partition coefficient (Wildman–Crippen LogP) is 19.2. The van der Waals surface area contributed by atoms with Gasteiger partial charge in [0, 0.05) is 19.3 Å². The van der Waals surface area contributed by atoms with E-state index in [0.29, 0.717) is 19.3 Å². The summed E-state index contributed by atoms with van der Waals surface area (Å²) in [5, 5.41) is 0. The second-order valence-corrected chi connectivity index (χ2v) is 18.8. The number of esters is 3. The third kappa shape index (κ3) is 53.5. The van der Waals surface area contributed by atoms with E-state index >= 15 is 0 Å². The van der Waals surface area contributed by atoms with Gasteiger partial charge >= 0.3 is 17.9 Å². The Morgan fingerprint density at radius 1 is 0.309 bits per heavy atom. The summed E-state index contributed by atoms with van der Waals surface area (Å²) in [5.74, 6) is -0.899. The molecule has 0 rings (SSSR count). The number of allylic oxidation sites excluding steroid dienone is 14. The van der Waals surface area contributed by atoms with E-state index in [4.69, 9.17) is 14.2 Å². The lowest BCUT2D eigenvalue weighted by Crippen LogP contribution is -2.30. The molecule has 0 spiro atoms. The molecule has 1 unspecified atom stereocenters. The standard InChI is InChI=1S/C62H106O6/c1-4-7-10-13-16-19-21-23-25-26-27-28-29-30-31-32-33-34-35-36-38-39-41-43-46-49-52-55-61(64)67-58-59(57-66-60(63)54-51-48-45-18-15-12-9-6-3)68-62(65)56-53-50-47-44-42-40-37-24-22-20-17-14-11-8-5-2/h7,10,16-17,19-20,23-25,27-28,30-31,37,59H,4-6,8-9,11-15,18,21-22,26,29,32-36,38-58H2,1-3H3/b10-7-,19-16-,20-17-,25-23-,28-27-,31-30-,37-24-. The van der Waals surface area contributed by atoms with Crippen LogP contribution in [0.1, 0.15) is 271 Å². The average Bonchev–Trinajstić information content (AvgIpc) is 3.34. The van der Waals surface area contributed by atoms with Gasteiger partial charge in [0.05, 0.1) is 0 Å². The summed E-state index contributed by atoms with van der Waals surface area (Å²) < 4.78 is 16.8. The summed E-state index contributed by atoms with van der Waals surface area (Å²) in [7, 11) is 0. The Morgan fingerprint density at radius 2 is 0.574 bits per heavy atom. The predicted molar refractivity (Wildman–Crippen MR) is 293 cm³/mol. The number of rotatable bonds is 51. The summed E-state index contributed by atoms with van der Waals surface area (Å²) in [6.07, 6.45) is 73.0. The van der Waals surface area contributed by atoms with E-state index in [1.54, 1.807) is 0 Å². The van der Waals surface area contributed by atoms with Crippen LogP contribution in [0.3, 0.4) is 0 Å². The van der Waals surface area contributed by atoms with Gasteiger partial charge in [-0.25, -0.2) is 0 Å². The molecule has 0 aromatic rings. The molecule has 6 heteroatoms. The number of carbonyl (C=O) groups is 3. The Hall–Kier alpha value is -3.41. The fourth-order valence-electron chi connectivity index (χ4n) is 7.85. The minimum absolute atomic E-state index is 0.0812. The third-order valence-corrected chi connectivity index (χ3v) is 12.1. The van der Waals surface area contributed by atoms with Crippen LogP contribution in [0.15, 0.2) is 85.1 Å². The highest BCUT2D eigenvalue weighted by Crippen LogP contribution is 2.15. The van der Waals surface area contributed by atoms with Gasteiger partial charge in [0.2, 0.25) is 0 Å². The van der Waals surface area contributed by atoms with Crippen LogP contribution in [0.25, 0.3) is 0 Å². The highest BCUT2D eigenvalue weighted by atomic mass is 16.6. The van der Waals surface area contributed by atoms with Gasteiger partial charge in [-0.3, -0.25) is 14.4 Å². The van der Waals surface area contributed by atoms with Gasteiger partial charge in [-0.05, 0) is 96.3 Å². The van der Waals surface area contributed by atoms with E-state index in [0.717, 1.165) is 116 Å². The van der Waals surface area contributed by atoms with E-state index < -0.39 is 6.10 Å². The molecule has 0 aromatic heterocycles. The molecule has 0 saturated carbocycles. The van der Waals surface area contributed by atoms with Gasteiger partial charge < -0.3 is 14.2 Å². The van der Waals surface area contributed by atoms with Crippen molar-refractivity contribution in [2.75, 3.05) is 13.2 Å². The second-order valence-electron chi connectivity index (χ2n) is 18.8. The van der Waals surface area contributed by atoms with Crippen molar-refractivity contribution in [3.8, 4) is 0 Å². The zero-order valence-corrected chi connectivity index (χ0v) is 44.6. The molecule has 1 atom stereocenters. The largest absolute Gasteiger partial charge is 0.462 e. The van der Waals surface area contributed by atoms with Gasteiger partial charge in [0.25, 0.3) is 0 Å². The van der Waals surface area contributed by atoms with Crippen molar-refractivity contribution in [1.82, 2.24) is 0 Å². The number of carbonyl (C=O) groups excluding carboxylic acids is 3. The van der Waals surface area contributed by atoms with E-state index in [1.807, 2.05) is 0 Å². The molecule has 0 aromatic carbocycles. The van der Waals surface area contributed by atoms with Gasteiger partial charge in [-0.2, -0.15) is 0 Å². The van der Waals surface area contributed by atoms with Crippen molar-refractivity contribution >= 4 is 17.9 Å². The van der Waals surface area contributed by atoms with Crippen LogP contribution in [-0.2, 0) is 28.6 Å². The maximum absolute atomic E-state index is 12.8. The van der Waals surface area contributed by atoms with Crippen LogP contribution in [-0.4, -0.2) is 37.2 Å². The summed E-state index contributed by atoms with van der Waals surface area (Å²) in [6.45, 7) is 6.46. The molecule has 0 aliphatic rings. The number of ether oxygens (including phenoxy) is 3. The first-order valence-electron chi connectivity index (χ1n) is 28.6. The molecular weight excluding hydrogens is 841 g/mol. The van der Waals surface area contributed by atoms with Crippen molar-refractivity contribution in [2.45, 2.75) is 277 Å². The Morgan fingerprint density at radius 3 is 0.926 bits per heavy atom. The number of hydrogen-bond donors (Lipinski definition) is 0. The zero-order chi connectivity index (χ0) is 49.3. The van der Waals surface area contributed by atoms with E-state index in [-0.39, 0.29) is 31.1 Å². The molecule has 6 nitrogen and oxygen atoms in total. The summed E-state index contributed by atoms with van der Waals surface area (Å²) in [5.41, 5.74) is 0. The average molecular weight is 948 g/mol. The van der Waals surface area contributed by atoms with Crippen LogP contribution in [0, 0.1) is 0 Å². The van der Waals surface area contributed by atoms with Crippen molar-refractivity contribution < 1.29 is 28.6 Å². The quantitative estimate of drug-likeness (QED) is 0.0262. The van der Waals surface area contributed by atoms with Gasteiger partial charge in [0.15, 0.2) is 6.10 Å². The summed E-state index contributed by atoms with van der Waals surface area (Å²) >= 11 is 0. The van der Waals surface area contributed by atoms with E-state index in [9.17, 15) is 14.4 Å². The maximum atomic E-state index is 12.8. The van der Waals surface area contributed by atoms with Crippen LogP contribution in [0.2, 0.25) is 0 Å². The first-order chi connectivity index (χ1) is 33.5. The van der Waals surface area contributed by atoms with Crippen molar-refractivity contribution in [3.63, 3.8) is 0 Å². The van der Waals surface area contributed by atoms with Crippen LogP contribution >= 0.6 is 0 Å². The van der Waals surface area contributed by atoms with E-state index in [2.05, 4.69) is 106 Å². The molecule has 0 aliphatic heterocycles. The van der Waals surface area contributed by atoms with Gasteiger partial charge in [-0.1, -0.05) is 241 Å². The normalized spacial score (nSPS) is 12.7. The highest BCUT2D eigenvalue weighted by molar-refractivity contribution is 5.71. The Kier molecular flexibility index (Phi) is 53.4. The SMILES string of the molecule is CC/C=C\C/C=C\C/C=C\C/C=C\C/C=C\CCCCCCCCCCCCCC(=O)OCC(COC(=O)CCCCCCCCCC)OC(=O)CCCCCCC/C=C\C/C=C\CCCCC. The van der Waals surface area contributed by atoms with Crippen molar-refractivity contribution in [1.29, 1.82) is 0 Å². The molecule has 68 heavy (non-hydrogen) atoms. The molecule has 0 aliphatic carbocycles. The van der Waals surface area contributed by atoms with Gasteiger partial charge in [-0.15, -0.1) is 0 Å². The maximum Gasteiger partial charge on any atom is 0.306 e. The Balaban J connectivity index is 4.19. The second kappa shape index (κ2) is 56.2. The van der Waals surface area contributed by atoms with Crippen molar-refractivity contribution in [3.05, 3.63) is 85.1 Å². The fraction of sp³-hybridized carbons (Fsp3) is 0.726. The molecular formula is C62H106O6. The molecule has 390 valence electrons. The minimum Gasteiger partial charge on any atom is -0.462 e. The first-order valence-corrected chi connectivity index (χ1v) is 28.6. The molecule has 0 saturated heterocycles. The lowest BCUT2D eigenvalue weighted by molar-refractivity contribution is -0.167. The molecule has 0 bridgehead atoms. The molecule has 0 amide bonds. The molecule has 0 N–H and O–H groups in total. The topological polar surface area (TPSA) is 78.9 Å². The van der Waals surface area contributed by atoms with E-state index in [1.165, 1.54) is 116 Å². The fourth-order valence-corrected chi connectivity index (χ4v) is 7.85. The third-order valence-electron chi connectivity index (χ3n) is 12.1. The molecule has 0 fully saturated rings. The monoisotopic (exact) mass is 947 g/mol. The lowest BCUT2D eigenvalue weighted by atomic mass is 10.0. The Bertz CT molecular complexity index is 1320. The number of hydrogen-bond acceptors (Lipinski definition) is 6. The highest BCUT2D eigenvalue weighted by Gasteiger charge is 2.19. The first kappa shape index (κ1) is 64.6. The smallest absolute Gasteiger partial charge is 0.306 e. The molecule has 0 heterocycles. The number of unbranched alkanes of at least 4 members (excludes halogenated alkanes) is 26. The Labute approximate surface area is 420 Å². The summed E-state index contributed by atoms with van der Waals surface area (Å²) in [4.78, 5) is 38.0. The van der Waals surface area contributed by atoms with Crippen LogP contribution in [0.4, 0.5) is 0 Å². The van der Waals surface area contributed by atoms with Crippen LogP contribution in [0.5, 0.6) is 0 Å². The summed E-state index contributed by atoms with van der Waals surface area (Å²) in [6, 6.07) is 0. The lowest BCUT2D eigenvalue weighted by Gasteiger charge is -2.18. The molecule has 0 radical (unpaired) electrons. The van der Waals surface area contributed by atoms with Crippen LogP contribution < -0.4 is 0 Å². The van der Waals surface area contributed by atoms with Gasteiger partial charge in [0.1, 0.15) is 13.2 Å². The minimum atomic E-state index is -0.782. The van der Waals surface area contributed by atoms with Crippen molar-refractivity contribution in [2.24, 2.45) is 0 Å².